The van der Waals surface area contributed by atoms with E-state index in [0.717, 1.165) is 61.0 Å². The molecule has 0 unspecified atom stereocenters. The zero-order valence-corrected chi connectivity index (χ0v) is 31.0. The number of hydrogen-bond acceptors (Lipinski definition) is 3. The molecule has 0 aliphatic rings. The molecule has 0 fully saturated rings. The van der Waals surface area contributed by atoms with Crippen molar-refractivity contribution in [1.82, 2.24) is 4.57 Å². The third kappa shape index (κ3) is 4.57. The second-order valence-corrected chi connectivity index (χ2v) is 15.5. The van der Waals surface area contributed by atoms with Gasteiger partial charge in [0.2, 0.25) is 0 Å². The molecule has 0 N–H and O–H groups in total. The van der Waals surface area contributed by atoms with Crippen LogP contribution < -0.4 is 4.90 Å². The minimum Gasteiger partial charge on any atom is -0.455 e. The first-order valence-corrected chi connectivity index (χ1v) is 19.8. The van der Waals surface area contributed by atoms with Crippen LogP contribution in [0.4, 0.5) is 17.1 Å². The molecule has 0 saturated carbocycles. The van der Waals surface area contributed by atoms with Gasteiger partial charge in [0.05, 0.1) is 39.2 Å². The molecule has 262 valence electrons. The maximum atomic E-state index is 6.81. The van der Waals surface area contributed by atoms with Crippen molar-refractivity contribution in [2.24, 2.45) is 0 Å². The summed E-state index contributed by atoms with van der Waals surface area (Å²) in [6.07, 6.45) is 0. The van der Waals surface area contributed by atoms with Gasteiger partial charge in [-0.3, -0.25) is 0 Å². The Morgan fingerprint density at radius 3 is 1.91 bits per heavy atom. The molecule has 0 aliphatic heterocycles. The van der Waals surface area contributed by atoms with E-state index in [9.17, 15) is 0 Å². The van der Waals surface area contributed by atoms with Gasteiger partial charge >= 0.3 is 0 Å². The van der Waals surface area contributed by atoms with E-state index in [-0.39, 0.29) is 0 Å². The van der Waals surface area contributed by atoms with Crippen LogP contribution in [0.1, 0.15) is 0 Å². The topological polar surface area (TPSA) is 21.3 Å². The number of benzene rings is 9. The number of rotatable bonds is 5. The summed E-state index contributed by atoms with van der Waals surface area (Å²) in [6, 6.07) is 70.3. The van der Waals surface area contributed by atoms with Gasteiger partial charge < -0.3 is 13.9 Å². The summed E-state index contributed by atoms with van der Waals surface area (Å²) in [7, 11) is 0. The SMILES string of the molecule is c1ccc(N(c2ccccc2-n2c3ccccc3c3ccccc32)c2cccc3oc4c5ccccc5ccc4c23)c(-c2ccc3sc4ccccc4c3c2)c1. The number of thiophene rings is 1. The van der Waals surface area contributed by atoms with E-state index >= 15 is 0 Å². The van der Waals surface area contributed by atoms with E-state index in [4.69, 9.17) is 4.42 Å². The van der Waals surface area contributed by atoms with Crippen molar-refractivity contribution in [3.8, 4) is 16.8 Å². The average Bonchev–Trinajstić information content (AvgIpc) is 3.94. The first-order valence-electron chi connectivity index (χ1n) is 19.0. The Morgan fingerprint density at radius 1 is 0.429 bits per heavy atom. The molecule has 0 spiro atoms. The van der Waals surface area contributed by atoms with Gasteiger partial charge in [0.25, 0.3) is 0 Å². The van der Waals surface area contributed by atoms with Gasteiger partial charge in [-0.2, -0.15) is 0 Å². The Kier molecular flexibility index (Phi) is 6.80. The van der Waals surface area contributed by atoms with Gasteiger partial charge in [0.15, 0.2) is 0 Å². The highest BCUT2D eigenvalue weighted by molar-refractivity contribution is 7.25. The monoisotopic (exact) mass is 732 g/mol. The fourth-order valence-electron chi connectivity index (χ4n) is 8.94. The highest BCUT2D eigenvalue weighted by Crippen LogP contribution is 2.49. The van der Waals surface area contributed by atoms with Gasteiger partial charge in [-0.25, -0.2) is 0 Å². The van der Waals surface area contributed by atoms with E-state index in [2.05, 4.69) is 204 Å². The molecule has 56 heavy (non-hydrogen) atoms. The summed E-state index contributed by atoms with van der Waals surface area (Å²) < 4.78 is 11.8. The summed E-state index contributed by atoms with van der Waals surface area (Å²) in [5.74, 6) is 0. The molecular formula is C52H32N2OS. The molecular weight excluding hydrogens is 701 g/mol. The highest BCUT2D eigenvalue weighted by atomic mass is 32.1. The molecule has 12 rings (SSSR count). The Bertz CT molecular complexity index is 3460. The fourth-order valence-corrected chi connectivity index (χ4v) is 10.0. The first-order chi connectivity index (χ1) is 27.8. The highest BCUT2D eigenvalue weighted by Gasteiger charge is 2.26. The summed E-state index contributed by atoms with van der Waals surface area (Å²) in [5, 5.41) is 9.49. The maximum Gasteiger partial charge on any atom is 0.143 e. The third-order valence-corrected chi connectivity index (χ3v) is 12.5. The summed E-state index contributed by atoms with van der Waals surface area (Å²) >= 11 is 1.85. The van der Waals surface area contributed by atoms with E-state index < -0.39 is 0 Å². The Balaban J connectivity index is 1.19. The van der Waals surface area contributed by atoms with Crippen LogP contribution in [0.3, 0.4) is 0 Å². The van der Waals surface area contributed by atoms with Crippen molar-refractivity contribution in [3.05, 3.63) is 194 Å². The van der Waals surface area contributed by atoms with Gasteiger partial charge in [-0.1, -0.05) is 127 Å². The van der Waals surface area contributed by atoms with Crippen LogP contribution in [-0.2, 0) is 0 Å². The second kappa shape index (κ2) is 12.2. The summed E-state index contributed by atoms with van der Waals surface area (Å²) in [5.41, 5.74) is 10.7. The standard InChI is InChI=1S/C52H32N2OS/c1-2-16-36-33(14-1)28-30-40-51-47(25-13-26-48(51)55-52(36)40)54(42-20-7-3-15-35(42)34-29-31-50-41(32-34)39-19-6-12-27-49(39)56-50)46-24-11-10-23-45(46)53-43-21-8-4-17-37(43)38-18-5-9-22-44(38)53/h1-32H. The fraction of sp³-hybridized carbons (Fsp3) is 0. The van der Waals surface area contributed by atoms with Gasteiger partial charge in [-0.15, -0.1) is 11.3 Å². The zero-order valence-electron chi connectivity index (χ0n) is 30.2. The molecule has 9 aromatic carbocycles. The van der Waals surface area contributed by atoms with Crippen molar-refractivity contribution in [2.45, 2.75) is 0 Å². The lowest BCUT2D eigenvalue weighted by atomic mass is 9.98. The molecule has 3 aromatic heterocycles. The predicted molar refractivity (Wildman–Crippen MR) is 239 cm³/mol. The van der Waals surface area contributed by atoms with Crippen LogP contribution >= 0.6 is 11.3 Å². The normalized spacial score (nSPS) is 11.9. The Hall–Kier alpha value is -7.14. The van der Waals surface area contributed by atoms with E-state index in [1.165, 1.54) is 47.5 Å². The lowest BCUT2D eigenvalue weighted by molar-refractivity contribution is 0.672. The predicted octanol–water partition coefficient (Wildman–Crippen LogP) is 15.3. The molecule has 0 aliphatic carbocycles. The molecule has 0 radical (unpaired) electrons. The summed E-state index contributed by atoms with van der Waals surface area (Å²) in [4.78, 5) is 2.47. The van der Waals surface area contributed by atoms with Crippen LogP contribution in [0, 0.1) is 0 Å². The largest absolute Gasteiger partial charge is 0.455 e. The molecule has 3 nitrogen and oxygen atoms in total. The van der Waals surface area contributed by atoms with Crippen molar-refractivity contribution in [1.29, 1.82) is 0 Å². The summed E-state index contributed by atoms with van der Waals surface area (Å²) in [6.45, 7) is 0. The Labute approximate surface area is 326 Å². The van der Waals surface area contributed by atoms with Crippen LogP contribution in [-0.4, -0.2) is 4.57 Å². The molecule has 3 heterocycles. The number of aromatic nitrogens is 1. The Morgan fingerprint density at radius 2 is 1.07 bits per heavy atom. The zero-order chi connectivity index (χ0) is 36.7. The first kappa shape index (κ1) is 31.2. The number of anilines is 3. The molecule has 0 saturated heterocycles. The van der Waals surface area contributed by atoms with Gasteiger partial charge in [-0.05, 0) is 77.7 Å². The van der Waals surface area contributed by atoms with Crippen molar-refractivity contribution in [2.75, 3.05) is 4.90 Å². The van der Waals surface area contributed by atoms with Crippen molar-refractivity contribution < 1.29 is 4.42 Å². The van der Waals surface area contributed by atoms with Gasteiger partial charge in [0.1, 0.15) is 11.2 Å². The molecule has 0 atom stereocenters. The van der Waals surface area contributed by atoms with Crippen LogP contribution in [0.15, 0.2) is 199 Å². The minimum atomic E-state index is 0.858. The number of fused-ring (bicyclic) bond motifs is 11. The minimum absolute atomic E-state index is 0.858. The molecule has 0 bridgehead atoms. The van der Waals surface area contributed by atoms with Crippen LogP contribution in [0.2, 0.25) is 0 Å². The van der Waals surface area contributed by atoms with Crippen LogP contribution in [0.25, 0.3) is 91.5 Å². The molecule has 4 heteroatoms. The number of hydrogen-bond donors (Lipinski definition) is 0. The van der Waals surface area contributed by atoms with Crippen molar-refractivity contribution >= 4 is 103 Å². The van der Waals surface area contributed by atoms with E-state index in [1.54, 1.807) is 0 Å². The average molecular weight is 733 g/mol. The van der Waals surface area contributed by atoms with E-state index in [0.29, 0.717) is 0 Å². The van der Waals surface area contributed by atoms with Crippen molar-refractivity contribution in [3.63, 3.8) is 0 Å². The molecule has 12 aromatic rings. The van der Waals surface area contributed by atoms with E-state index in [1.807, 2.05) is 11.3 Å². The molecule has 0 amide bonds. The van der Waals surface area contributed by atoms with Crippen LogP contribution in [0.5, 0.6) is 0 Å². The second-order valence-electron chi connectivity index (χ2n) is 14.4. The smallest absolute Gasteiger partial charge is 0.143 e. The third-order valence-electron chi connectivity index (χ3n) is 11.4. The number of furan rings is 1. The van der Waals surface area contributed by atoms with Gasteiger partial charge in [0, 0.05) is 47.3 Å². The maximum absolute atomic E-state index is 6.81. The quantitative estimate of drug-likeness (QED) is 0.176. The number of nitrogens with zero attached hydrogens (tertiary/aromatic N) is 2. The lowest BCUT2D eigenvalue weighted by Crippen LogP contribution is -2.14. The lowest BCUT2D eigenvalue weighted by Gasteiger charge is -2.30. The number of para-hydroxylation sites is 5.